The molecule has 4 heteroatoms. The van der Waals surface area contributed by atoms with Crippen LogP contribution in [-0.4, -0.2) is 9.97 Å². The van der Waals surface area contributed by atoms with Gasteiger partial charge in [0.25, 0.3) is 0 Å². The van der Waals surface area contributed by atoms with Crippen LogP contribution >= 0.6 is 0 Å². The lowest BCUT2D eigenvalue weighted by Crippen LogP contribution is -2.10. The molecule has 1 aliphatic rings. The molecule has 0 saturated carbocycles. The predicted molar refractivity (Wildman–Crippen MR) is 72.5 cm³/mol. The number of aryl methyl sites for hydroxylation is 1. The molecule has 1 atom stereocenters. The number of nitrogens with one attached hydrogen (secondary N) is 1. The van der Waals surface area contributed by atoms with Crippen LogP contribution in [0, 0.1) is 5.82 Å². The number of hydrogen-bond donors (Lipinski definition) is 1. The van der Waals surface area contributed by atoms with Crippen molar-refractivity contribution in [3.63, 3.8) is 0 Å². The maximum Gasteiger partial charge on any atom is 0.133 e. The highest BCUT2D eigenvalue weighted by Crippen LogP contribution is 2.27. The van der Waals surface area contributed by atoms with E-state index in [1.165, 1.54) is 11.6 Å². The second-order valence-electron chi connectivity index (χ2n) is 4.92. The highest BCUT2D eigenvalue weighted by molar-refractivity contribution is 5.49. The van der Waals surface area contributed by atoms with Crippen LogP contribution in [0.25, 0.3) is 0 Å². The zero-order chi connectivity index (χ0) is 13.2. The minimum atomic E-state index is -0.209. The Labute approximate surface area is 111 Å². The van der Waals surface area contributed by atoms with E-state index in [1.54, 1.807) is 18.5 Å². The van der Waals surface area contributed by atoms with Gasteiger partial charge in [0.05, 0.1) is 6.04 Å². The lowest BCUT2D eigenvalue weighted by molar-refractivity contribution is 0.623. The molecule has 3 rings (SSSR count). The Morgan fingerprint density at radius 2 is 2.16 bits per heavy atom. The number of benzene rings is 1. The molecular formula is C15H16FN3. The summed E-state index contributed by atoms with van der Waals surface area (Å²) in [6.45, 7) is 2.01. The van der Waals surface area contributed by atoms with E-state index < -0.39 is 0 Å². The van der Waals surface area contributed by atoms with E-state index in [-0.39, 0.29) is 11.9 Å². The van der Waals surface area contributed by atoms with Gasteiger partial charge < -0.3 is 5.32 Å². The number of aromatic nitrogens is 2. The molecule has 19 heavy (non-hydrogen) atoms. The van der Waals surface area contributed by atoms with Crippen LogP contribution in [0.3, 0.4) is 0 Å². The van der Waals surface area contributed by atoms with Gasteiger partial charge in [-0.3, -0.25) is 0 Å². The molecule has 0 amide bonds. The van der Waals surface area contributed by atoms with Crippen LogP contribution in [0.2, 0.25) is 0 Å². The van der Waals surface area contributed by atoms with Crippen LogP contribution in [-0.2, 0) is 12.8 Å². The summed E-state index contributed by atoms with van der Waals surface area (Å²) in [5.41, 5.74) is 3.28. The van der Waals surface area contributed by atoms with Crippen molar-refractivity contribution in [2.45, 2.75) is 32.2 Å². The number of nitrogens with zero attached hydrogens (tertiary/aromatic N) is 2. The Morgan fingerprint density at radius 3 is 3.00 bits per heavy atom. The fourth-order valence-corrected chi connectivity index (χ4v) is 2.55. The van der Waals surface area contributed by atoms with E-state index >= 15 is 0 Å². The van der Waals surface area contributed by atoms with E-state index in [1.807, 2.05) is 13.0 Å². The molecule has 0 saturated heterocycles. The molecule has 0 bridgehead atoms. The summed E-state index contributed by atoms with van der Waals surface area (Å²) in [4.78, 5) is 8.63. The minimum Gasteiger partial charge on any atom is -0.363 e. The van der Waals surface area contributed by atoms with E-state index in [0.717, 1.165) is 36.3 Å². The zero-order valence-corrected chi connectivity index (χ0v) is 10.9. The second-order valence-corrected chi connectivity index (χ2v) is 4.92. The van der Waals surface area contributed by atoms with Crippen molar-refractivity contribution in [1.82, 2.24) is 9.97 Å². The predicted octanol–water partition coefficient (Wildman–Crippen LogP) is 3.28. The van der Waals surface area contributed by atoms with E-state index in [2.05, 4.69) is 15.3 Å². The Hall–Kier alpha value is -1.97. The smallest absolute Gasteiger partial charge is 0.133 e. The summed E-state index contributed by atoms with van der Waals surface area (Å²) in [6.07, 6.45) is 4.79. The van der Waals surface area contributed by atoms with Crippen molar-refractivity contribution in [1.29, 1.82) is 0 Å². The van der Waals surface area contributed by atoms with Crippen LogP contribution in [0.5, 0.6) is 0 Å². The average molecular weight is 257 g/mol. The molecule has 1 N–H and O–H groups in total. The highest BCUT2D eigenvalue weighted by atomic mass is 19.1. The summed E-state index contributed by atoms with van der Waals surface area (Å²) in [7, 11) is 0. The Balaban J connectivity index is 1.84. The maximum absolute atomic E-state index is 13.2. The Morgan fingerprint density at radius 1 is 1.26 bits per heavy atom. The van der Waals surface area contributed by atoms with Crippen LogP contribution < -0.4 is 5.32 Å². The summed E-state index contributed by atoms with van der Waals surface area (Å²) in [5, 5.41) is 3.37. The van der Waals surface area contributed by atoms with E-state index in [9.17, 15) is 4.39 Å². The molecule has 2 aromatic rings. The molecule has 1 heterocycles. The third kappa shape index (κ3) is 2.43. The standard InChI is InChI=1S/C15H16FN3/c1-10(11-4-2-5-12(16)8-11)19-15-13-6-3-7-14(13)17-9-18-15/h2,4-5,8-10H,3,6-7H2,1H3,(H,17,18,19). The van der Waals surface area contributed by atoms with Gasteiger partial charge in [0, 0.05) is 11.3 Å². The molecule has 1 aromatic heterocycles. The minimum absolute atomic E-state index is 0.0234. The van der Waals surface area contributed by atoms with E-state index in [0.29, 0.717) is 0 Å². The molecule has 0 fully saturated rings. The quantitative estimate of drug-likeness (QED) is 0.917. The lowest BCUT2D eigenvalue weighted by Gasteiger charge is -2.17. The van der Waals surface area contributed by atoms with Gasteiger partial charge in [-0.15, -0.1) is 0 Å². The molecule has 1 unspecified atom stereocenters. The van der Waals surface area contributed by atoms with Crippen LogP contribution in [0.15, 0.2) is 30.6 Å². The number of halogens is 1. The fraction of sp³-hybridized carbons (Fsp3) is 0.333. The SMILES string of the molecule is CC(Nc1ncnc2c1CCC2)c1cccc(F)c1. The molecule has 98 valence electrons. The number of anilines is 1. The van der Waals surface area contributed by atoms with Gasteiger partial charge in [0.1, 0.15) is 18.0 Å². The zero-order valence-electron chi connectivity index (χ0n) is 10.9. The Kier molecular flexibility index (Phi) is 3.15. The third-order valence-corrected chi connectivity index (χ3v) is 3.58. The van der Waals surface area contributed by atoms with Crippen LogP contribution in [0.1, 0.15) is 36.2 Å². The van der Waals surface area contributed by atoms with Crippen molar-refractivity contribution >= 4 is 5.82 Å². The topological polar surface area (TPSA) is 37.8 Å². The molecule has 0 spiro atoms. The average Bonchev–Trinajstić information content (AvgIpc) is 2.88. The van der Waals surface area contributed by atoms with Gasteiger partial charge in [-0.1, -0.05) is 12.1 Å². The first-order valence-electron chi connectivity index (χ1n) is 6.59. The number of fused-ring (bicyclic) bond motifs is 1. The van der Waals surface area contributed by atoms with Gasteiger partial charge >= 0.3 is 0 Å². The van der Waals surface area contributed by atoms with Crippen molar-refractivity contribution in [2.24, 2.45) is 0 Å². The second kappa shape index (κ2) is 4.96. The lowest BCUT2D eigenvalue weighted by atomic mass is 10.1. The number of hydrogen-bond acceptors (Lipinski definition) is 3. The molecule has 1 aliphatic carbocycles. The molecule has 3 nitrogen and oxygen atoms in total. The van der Waals surface area contributed by atoms with Crippen molar-refractivity contribution in [2.75, 3.05) is 5.32 Å². The van der Waals surface area contributed by atoms with Gasteiger partial charge in [-0.25, -0.2) is 14.4 Å². The first kappa shape index (κ1) is 12.1. The summed E-state index contributed by atoms with van der Waals surface area (Å²) in [6, 6.07) is 6.68. The molecule has 0 aliphatic heterocycles. The maximum atomic E-state index is 13.2. The highest BCUT2D eigenvalue weighted by Gasteiger charge is 2.18. The summed E-state index contributed by atoms with van der Waals surface area (Å²) < 4.78 is 13.2. The molecule has 1 aromatic carbocycles. The van der Waals surface area contributed by atoms with Crippen molar-refractivity contribution < 1.29 is 4.39 Å². The summed E-state index contributed by atoms with van der Waals surface area (Å²) in [5.74, 6) is 0.679. The number of rotatable bonds is 3. The van der Waals surface area contributed by atoms with Crippen molar-refractivity contribution in [3.05, 3.63) is 53.2 Å². The summed E-state index contributed by atoms with van der Waals surface area (Å²) >= 11 is 0. The van der Waals surface area contributed by atoms with Gasteiger partial charge in [0.2, 0.25) is 0 Å². The van der Waals surface area contributed by atoms with E-state index in [4.69, 9.17) is 0 Å². The molecular weight excluding hydrogens is 241 g/mol. The van der Waals surface area contributed by atoms with Gasteiger partial charge in [-0.05, 0) is 43.9 Å². The normalized spacial score (nSPS) is 15.1. The monoisotopic (exact) mass is 257 g/mol. The fourth-order valence-electron chi connectivity index (χ4n) is 2.55. The van der Waals surface area contributed by atoms with Gasteiger partial charge in [-0.2, -0.15) is 0 Å². The van der Waals surface area contributed by atoms with Crippen molar-refractivity contribution in [3.8, 4) is 0 Å². The third-order valence-electron chi connectivity index (χ3n) is 3.58. The van der Waals surface area contributed by atoms with Gasteiger partial charge in [0.15, 0.2) is 0 Å². The first-order chi connectivity index (χ1) is 9.24. The first-order valence-corrected chi connectivity index (χ1v) is 6.59. The van der Waals surface area contributed by atoms with Crippen LogP contribution in [0.4, 0.5) is 10.2 Å². The largest absolute Gasteiger partial charge is 0.363 e. The molecule has 0 radical (unpaired) electrons. The Bertz CT molecular complexity index is 598.